The SMILES string of the molecule is CCC12COC(=O)N1CCN(Cc1nc(C)c(C)s1)C2. The maximum atomic E-state index is 11.8. The van der Waals surface area contributed by atoms with Crippen molar-refractivity contribution in [2.75, 3.05) is 26.2 Å². The maximum absolute atomic E-state index is 11.8. The van der Waals surface area contributed by atoms with Crippen LogP contribution in [-0.2, 0) is 11.3 Å². The Morgan fingerprint density at radius 2 is 2.20 bits per heavy atom. The van der Waals surface area contributed by atoms with E-state index in [9.17, 15) is 4.79 Å². The summed E-state index contributed by atoms with van der Waals surface area (Å²) in [4.78, 5) is 22.0. The molecule has 1 amide bonds. The van der Waals surface area contributed by atoms with E-state index in [0.717, 1.165) is 38.3 Å². The number of hydrogen-bond donors (Lipinski definition) is 0. The number of thiazole rings is 1. The van der Waals surface area contributed by atoms with Gasteiger partial charge in [0.1, 0.15) is 11.6 Å². The lowest BCUT2D eigenvalue weighted by Crippen LogP contribution is -2.60. The average molecular weight is 295 g/mol. The third kappa shape index (κ3) is 2.20. The van der Waals surface area contributed by atoms with Crippen molar-refractivity contribution in [1.29, 1.82) is 0 Å². The molecule has 1 aromatic rings. The fourth-order valence-electron chi connectivity index (χ4n) is 3.08. The van der Waals surface area contributed by atoms with Gasteiger partial charge in [-0.1, -0.05) is 6.92 Å². The number of carbonyl (C=O) groups is 1. The van der Waals surface area contributed by atoms with Crippen LogP contribution in [0.2, 0.25) is 0 Å². The Morgan fingerprint density at radius 3 is 2.85 bits per heavy atom. The molecular weight excluding hydrogens is 274 g/mol. The van der Waals surface area contributed by atoms with Crippen molar-refractivity contribution in [3.05, 3.63) is 15.6 Å². The van der Waals surface area contributed by atoms with Crippen molar-refractivity contribution >= 4 is 17.4 Å². The van der Waals surface area contributed by atoms with E-state index in [-0.39, 0.29) is 11.6 Å². The molecule has 0 N–H and O–H groups in total. The van der Waals surface area contributed by atoms with Gasteiger partial charge in [0.15, 0.2) is 0 Å². The zero-order valence-corrected chi connectivity index (χ0v) is 13.1. The normalized spacial score (nSPS) is 26.8. The van der Waals surface area contributed by atoms with Gasteiger partial charge in [0.05, 0.1) is 17.8 Å². The van der Waals surface area contributed by atoms with Crippen LogP contribution >= 0.6 is 11.3 Å². The summed E-state index contributed by atoms with van der Waals surface area (Å²) in [6.45, 7) is 10.3. The molecule has 1 unspecified atom stereocenters. The predicted molar refractivity (Wildman–Crippen MR) is 77.9 cm³/mol. The first kappa shape index (κ1) is 13.8. The minimum absolute atomic E-state index is 0.128. The molecule has 110 valence electrons. The van der Waals surface area contributed by atoms with E-state index in [4.69, 9.17) is 4.74 Å². The molecule has 3 heterocycles. The highest BCUT2D eigenvalue weighted by Gasteiger charge is 2.49. The van der Waals surface area contributed by atoms with Crippen molar-refractivity contribution in [2.45, 2.75) is 39.3 Å². The molecule has 2 fully saturated rings. The molecule has 0 saturated carbocycles. The molecule has 6 heteroatoms. The van der Waals surface area contributed by atoms with E-state index in [1.54, 1.807) is 11.3 Å². The van der Waals surface area contributed by atoms with E-state index in [1.807, 2.05) is 4.90 Å². The monoisotopic (exact) mass is 295 g/mol. The molecule has 0 aromatic carbocycles. The average Bonchev–Trinajstić information content (AvgIpc) is 2.91. The van der Waals surface area contributed by atoms with E-state index >= 15 is 0 Å². The fourth-order valence-corrected chi connectivity index (χ4v) is 4.06. The van der Waals surface area contributed by atoms with Gasteiger partial charge in [0.25, 0.3) is 0 Å². The molecular formula is C14H21N3O2S. The Balaban J connectivity index is 1.72. The van der Waals surface area contributed by atoms with E-state index in [2.05, 4.69) is 30.7 Å². The highest BCUT2D eigenvalue weighted by molar-refractivity contribution is 7.11. The quantitative estimate of drug-likeness (QED) is 0.857. The molecule has 0 bridgehead atoms. The van der Waals surface area contributed by atoms with Gasteiger partial charge in [-0.2, -0.15) is 0 Å². The van der Waals surface area contributed by atoms with Gasteiger partial charge >= 0.3 is 6.09 Å². The lowest BCUT2D eigenvalue weighted by atomic mass is 9.93. The lowest BCUT2D eigenvalue weighted by molar-refractivity contribution is 0.0449. The Morgan fingerprint density at radius 1 is 1.40 bits per heavy atom. The van der Waals surface area contributed by atoms with Crippen molar-refractivity contribution in [2.24, 2.45) is 0 Å². The first-order valence-corrected chi connectivity index (χ1v) is 7.95. The number of hydrogen-bond acceptors (Lipinski definition) is 5. The zero-order chi connectivity index (χ0) is 14.3. The molecule has 3 rings (SSSR count). The smallest absolute Gasteiger partial charge is 0.410 e. The summed E-state index contributed by atoms with van der Waals surface area (Å²) in [5, 5.41) is 1.17. The number of amides is 1. The molecule has 20 heavy (non-hydrogen) atoms. The summed E-state index contributed by atoms with van der Waals surface area (Å²) in [5.41, 5.74) is 1.00. The number of ether oxygens (including phenoxy) is 1. The molecule has 1 atom stereocenters. The summed E-state index contributed by atoms with van der Waals surface area (Å²) >= 11 is 1.78. The Hall–Kier alpha value is -1.14. The lowest BCUT2D eigenvalue weighted by Gasteiger charge is -2.44. The van der Waals surface area contributed by atoms with E-state index < -0.39 is 0 Å². The summed E-state index contributed by atoms with van der Waals surface area (Å²) in [7, 11) is 0. The van der Waals surface area contributed by atoms with Gasteiger partial charge < -0.3 is 4.74 Å². The van der Waals surface area contributed by atoms with Crippen molar-refractivity contribution < 1.29 is 9.53 Å². The number of aromatic nitrogens is 1. The molecule has 0 spiro atoms. The van der Waals surface area contributed by atoms with Gasteiger partial charge in [-0.05, 0) is 20.3 Å². The topological polar surface area (TPSA) is 45.7 Å². The molecule has 2 aliphatic heterocycles. The number of piperazine rings is 1. The molecule has 0 aliphatic carbocycles. The molecule has 5 nitrogen and oxygen atoms in total. The number of cyclic esters (lactones) is 1. The molecule has 2 aliphatic rings. The number of nitrogens with zero attached hydrogens (tertiary/aromatic N) is 3. The Bertz CT molecular complexity index is 511. The number of fused-ring (bicyclic) bond motifs is 1. The minimum Gasteiger partial charge on any atom is -0.447 e. The van der Waals surface area contributed by atoms with Crippen LogP contribution < -0.4 is 0 Å². The van der Waals surface area contributed by atoms with Crippen molar-refractivity contribution in [3.8, 4) is 0 Å². The standard InChI is InChI=1S/C14H21N3O2S/c1-4-14-8-16(5-6-17(14)13(18)19-9-14)7-12-15-10(2)11(3)20-12/h4-9H2,1-3H3. The third-order valence-electron chi connectivity index (χ3n) is 4.50. The second kappa shape index (κ2) is 5.00. The number of rotatable bonds is 3. The second-order valence-electron chi connectivity index (χ2n) is 5.74. The molecule has 2 saturated heterocycles. The van der Waals surface area contributed by atoms with Crippen LogP contribution in [0, 0.1) is 13.8 Å². The van der Waals surface area contributed by atoms with Crippen LogP contribution in [0.1, 0.15) is 28.9 Å². The second-order valence-corrected chi connectivity index (χ2v) is 7.03. The summed E-state index contributed by atoms with van der Waals surface area (Å²) in [5.74, 6) is 0. The third-order valence-corrected chi connectivity index (χ3v) is 5.56. The Labute approximate surface area is 123 Å². The van der Waals surface area contributed by atoms with Gasteiger partial charge in [0.2, 0.25) is 0 Å². The highest BCUT2D eigenvalue weighted by atomic mass is 32.1. The number of aryl methyl sites for hydroxylation is 2. The highest BCUT2D eigenvalue weighted by Crippen LogP contribution is 2.32. The van der Waals surface area contributed by atoms with Gasteiger partial charge in [-0.25, -0.2) is 9.78 Å². The zero-order valence-electron chi connectivity index (χ0n) is 12.3. The van der Waals surface area contributed by atoms with Crippen LogP contribution in [0.5, 0.6) is 0 Å². The van der Waals surface area contributed by atoms with Crippen molar-refractivity contribution in [1.82, 2.24) is 14.8 Å². The van der Waals surface area contributed by atoms with Crippen molar-refractivity contribution in [3.63, 3.8) is 0 Å². The minimum atomic E-state index is -0.146. The summed E-state index contributed by atoms with van der Waals surface area (Å²) in [6.07, 6.45) is 0.790. The Kier molecular flexibility index (Phi) is 3.46. The summed E-state index contributed by atoms with van der Waals surface area (Å²) in [6, 6.07) is 0. The van der Waals surface area contributed by atoms with Crippen LogP contribution in [-0.4, -0.2) is 52.7 Å². The van der Waals surface area contributed by atoms with Crippen LogP contribution in [0.15, 0.2) is 0 Å². The van der Waals surface area contributed by atoms with Gasteiger partial charge in [-0.15, -0.1) is 11.3 Å². The van der Waals surface area contributed by atoms with Gasteiger partial charge in [-0.3, -0.25) is 9.80 Å². The molecule has 1 aromatic heterocycles. The first-order chi connectivity index (χ1) is 9.54. The summed E-state index contributed by atoms with van der Waals surface area (Å²) < 4.78 is 5.26. The largest absolute Gasteiger partial charge is 0.447 e. The number of carbonyl (C=O) groups excluding carboxylic acids is 1. The first-order valence-electron chi connectivity index (χ1n) is 7.14. The predicted octanol–water partition coefficient (Wildman–Crippen LogP) is 2.18. The fraction of sp³-hybridized carbons (Fsp3) is 0.714. The molecule has 0 radical (unpaired) electrons. The van der Waals surface area contributed by atoms with E-state index in [0.29, 0.717) is 6.61 Å². The van der Waals surface area contributed by atoms with Crippen LogP contribution in [0.25, 0.3) is 0 Å². The maximum Gasteiger partial charge on any atom is 0.410 e. The van der Waals surface area contributed by atoms with Crippen LogP contribution in [0.4, 0.5) is 4.79 Å². The van der Waals surface area contributed by atoms with Gasteiger partial charge in [0, 0.05) is 24.5 Å². The van der Waals surface area contributed by atoms with E-state index in [1.165, 1.54) is 9.88 Å². The van der Waals surface area contributed by atoms with Crippen LogP contribution in [0.3, 0.4) is 0 Å².